The number of hydrazone groups is 1. The van der Waals surface area contributed by atoms with Crippen LogP contribution in [0.1, 0.15) is 23.6 Å². The van der Waals surface area contributed by atoms with Crippen LogP contribution in [0, 0.1) is 6.92 Å². The Balaban J connectivity index is 1.50. The molecule has 0 aromatic heterocycles. The molecule has 1 aliphatic rings. The highest BCUT2D eigenvalue weighted by molar-refractivity contribution is 7.80. The maximum Gasteiger partial charge on any atom is 0.231 e. The molecule has 0 fully saturated rings. The molecular formula is C21H26N4O3S. The number of rotatable bonds is 8. The number of benzene rings is 2. The highest BCUT2D eigenvalue weighted by Gasteiger charge is 2.13. The van der Waals surface area contributed by atoms with Crippen LogP contribution in [0.5, 0.6) is 11.5 Å². The lowest BCUT2D eigenvalue weighted by Gasteiger charge is -2.22. The van der Waals surface area contributed by atoms with Crippen LogP contribution in [-0.2, 0) is 6.54 Å². The van der Waals surface area contributed by atoms with Crippen LogP contribution in [0.3, 0.4) is 0 Å². The standard InChI is InChI=1S/C21H26N4O3S/c1-3-25(8-9-26)18-6-5-17(15(2)10-18)13-23-24-21(29)22-12-16-4-7-19-20(11-16)28-14-27-19/h4-7,10-11,13,26H,3,8-9,12,14H2,1-2H3,(H2,22,24,29)/b23-13-. The zero-order chi connectivity index (χ0) is 20.6. The molecule has 0 amide bonds. The van der Waals surface area contributed by atoms with Gasteiger partial charge in [-0.15, -0.1) is 0 Å². The minimum absolute atomic E-state index is 0.136. The van der Waals surface area contributed by atoms with E-state index in [1.807, 2.05) is 37.3 Å². The van der Waals surface area contributed by atoms with Crippen molar-refractivity contribution in [1.29, 1.82) is 0 Å². The first kappa shape index (κ1) is 20.9. The Kier molecular flexibility index (Phi) is 7.26. The lowest BCUT2D eigenvalue weighted by molar-refractivity contribution is 0.174. The predicted molar refractivity (Wildman–Crippen MR) is 119 cm³/mol. The van der Waals surface area contributed by atoms with E-state index in [9.17, 15) is 5.11 Å². The van der Waals surface area contributed by atoms with Crippen LogP contribution in [0.25, 0.3) is 0 Å². The summed E-state index contributed by atoms with van der Waals surface area (Å²) in [5.74, 6) is 1.51. The lowest BCUT2D eigenvalue weighted by Crippen LogP contribution is -2.31. The van der Waals surface area contributed by atoms with E-state index in [1.54, 1.807) is 6.21 Å². The molecule has 0 radical (unpaired) electrons. The summed E-state index contributed by atoms with van der Waals surface area (Å²) >= 11 is 5.28. The Bertz CT molecular complexity index is 888. The molecule has 1 aliphatic heterocycles. The molecule has 2 aromatic rings. The molecule has 0 atom stereocenters. The predicted octanol–water partition coefficient (Wildman–Crippen LogP) is 2.54. The zero-order valence-electron chi connectivity index (χ0n) is 16.6. The number of likely N-dealkylation sites (N-methyl/N-ethyl adjacent to an activating group) is 1. The Morgan fingerprint density at radius 2 is 2.07 bits per heavy atom. The van der Waals surface area contributed by atoms with Gasteiger partial charge in [0.05, 0.1) is 12.8 Å². The molecule has 2 aromatic carbocycles. The highest BCUT2D eigenvalue weighted by Crippen LogP contribution is 2.32. The molecule has 154 valence electrons. The molecule has 0 unspecified atom stereocenters. The number of aryl methyl sites for hydroxylation is 1. The second kappa shape index (κ2) is 10.1. The number of fused-ring (bicyclic) bond motifs is 1. The maximum atomic E-state index is 9.18. The summed E-state index contributed by atoms with van der Waals surface area (Å²) in [6, 6.07) is 11.9. The van der Waals surface area contributed by atoms with Gasteiger partial charge >= 0.3 is 0 Å². The van der Waals surface area contributed by atoms with Crippen molar-refractivity contribution in [2.24, 2.45) is 5.10 Å². The van der Waals surface area contributed by atoms with Gasteiger partial charge in [0.1, 0.15) is 0 Å². The summed E-state index contributed by atoms with van der Waals surface area (Å²) in [6.45, 7) is 6.53. The van der Waals surface area contributed by atoms with Gasteiger partial charge in [0.25, 0.3) is 0 Å². The zero-order valence-corrected chi connectivity index (χ0v) is 17.5. The summed E-state index contributed by atoms with van der Waals surface area (Å²) in [5, 5.41) is 17.0. The van der Waals surface area contributed by atoms with Crippen molar-refractivity contribution < 1.29 is 14.6 Å². The Morgan fingerprint density at radius 3 is 2.83 bits per heavy atom. The number of aliphatic hydroxyl groups is 1. The molecule has 0 bridgehead atoms. The monoisotopic (exact) mass is 414 g/mol. The fraction of sp³-hybridized carbons (Fsp3) is 0.333. The first-order valence-electron chi connectivity index (χ1n) is 9.52. The van der Waals surface area contributed by atoms with Gasteiger partial charge in [-0.3, -0.25) is 5.43 Å². The molecule has 29 heavy (non-hydrogen) atoms. The van der Waals surface area contributed by atoms with Crippen molar-refractivity contribution in [3.63, 3.8) is 0 Å². The number of nitrogens with zero attached hydrogens (tertiary/aromatic N) is 2. The third-order valence-corrected chi connectivity index (χ3v) is 4.87. The number of ether oxygens (including phenoxy) is 2. The second-order valence-electron chi connectivity index (χ2n) is 6.58. The van der Waals surface area contributed by atoms with E-state index < -0.39 is 0 Å². The Hall–Kier alpha value is -2.84. The molecule has 0 spiro atoms. The smallest absolute Gasteiger partial charge is 0.231 e. The van der Waals surface area contributed by atoms with E-state index in [0.29, 0.717) is 18.2 Å². The van der Waals surface area contributed by atoms with Gasteiger partial charge in [-0.1, -0.05) is 12.1 Å². The number of nitrogens with one attached hydrogen (secondary N) is 2. The maximum absolute atomic E-state index is 9.18. The molecule has 0 aliphatic carbocycles. The minimum atomic E-state index is 0.136. The summed E-state index contributed by atoms with van der Waals surface area (Å²) in [4.78, 5) is 2.13. The number of aliphatic hydroxyl groups excluding tert-OH is 1. The molecule has 7 nitrogen and oxygen atoms in total. The fourth-order valence-corrected chi connectivity index (χ4v) is 3.15. The summed E-state index contributed by atoms with van der Waals surface area (Å²) in [6.07, 6.45) is 1.75. The van der Waals surface area contributed by atoms with E-state index >= 15 is 0 Å². The lowest BCUT2D eigenvalue weighted by atomic mass is 10.1. The average molecular weight is 415 g/mol. The molecule has 3 N–H and O–H groups in total. The third kappa shape index (κ3) is 5.58. The van der Waals surface area contributed by atoms with E-state index in [-0.39, 0.29) is 13.4 Å². The van der Waals surface area contributed by atoms with Crippen LogP contribution >= 0.6 is 12.2 Å². The van der Waals surface area contributed by atoms with Gasteiger partial charge in [0.15, 0.2) is 16.6 Å². The molecule has 3 rings (SSSR count). The van der Waals surface area contributed by atoms with Crippen molar-refractivity contribution in [2.75, 3.05) is 31.4 Å². The highest BCUT2D eigenvalue weighted by atomic mass is 32.1. The third-order valence-electron chi connectivity index (χ3n) is 4.63. The second-order valence-corrected chi connectivity index (χ2v) is 6.99. The van der Waals surface area contributed by atoms with Gasteiger partial charge in [0, 0.05) is 25.3 Å². The fourth-order valence-electron chi connectivity index (χ4n) is 3.03. The molecule has 0 saturated heterocycles. The van der Waals surface area contributed by atoms with Gasteiger partial charge in [-0.05, 0) is 67.0 Å². The minimum Gasteiger partial charge on any atom is -0.454 e. The quantitative estimate of drug-likeness (QED) is 0.348. The molecule has 1 heterocycles. The number of anilines is 1. The van der Waals surface area contributed by atoms with Crippen molar-refractivity contribution in [1.82, 2.24) is 10.7 Å². The topological polar surface area (TPSA) is 78.4 Å². The Morgan fingerprint density at radius 1 is 1.24 bits per heavy atom. The summed E-state index contributed by atoms with van der Waals surface area (Å²) in [5.41, 5.74) is 7.07. The number of hydrogen-bond donors (Lipinski definition) is 3. The van der Waals surface area contributed by atoms with Crippen LogP contribution in [0.2, 0.25) is 0 Å². The van der Waals surface area contributed by atoms with Gasteiger partial charge in [-0.2, -0.15) is 5.10 Å². The summed E-state index contributed by atoms with van der Waals surface area (Å²) in [7, 11) is 0. The van der Waals surface area contributed by atoms with Gasteiger partial charge in [0.2, 0.25) is 6.79 Å². The van der Waals surface area contributed by atoms with Crippen molar-refractivity contribution in [3.05, 3.63) is 53.1 Å². The van der Waals surface area contributed by atoms with Crippen molar-refractivity contribution in [2.45, 2.75) is 20.4 Å². The first-order chi connectivity index (χ1) is 14.1. The van der Waals surface area contributed by atoms with Crippen LogP contribution in [0.15, 0.2) is 41.5 Å². The number of hydrogen-bond acceptors (Lipinski definition) is 6. The van der Waals surface area contributed by atoms with Crippen LogP contribution in [-0.4, -0.2) is 42.9 Å². The summed E-state index contributed by atoms with van der Waals surface area (Å²) < 4.78 is 10.7. The van der Waals surface area contributed by atoms with Gasteiger partial charge in [-0.25, -0.2) is 0 Å². The van der Waals surface area contributed by atoms with Crippen molar-refractivity contribution in [3.8, 4) is 11.5 Å². The van der Waals surface area contributed by atoms with Crippen molar-refractivity contribution >= 4 is 29.2 Å². The largest absolute Gasteiger partial charge is 0.454 e. The van der Waals surface area contributed by atoms with E-state index in [4.69, 9.17) is 21.7 Å². The Labute approximate surface area is 176 Å². The van der Waals surface area contributed by atoms with Crippen LogP contribution < -0.4 is 25.1 Å². The molecular weight excluding hydrogens is 388 g/mol. The normalized spacial score (nSPS) is 12.2. The van der Waals surface area contributed by atoms with Crippen LogP contribution in [0.4, 0.5) is 5.69 Å². The van der Waals surface area contributed by atoms with E-state index in [0.717, 1.165) is 40.4 Å². The van der Waals surface area contributed by atoms with Gasteiger partial charge < -0.3 is 24.8 Å². The number of thiocarbonyl (C=S) groups is 1. The average Bonchev–Trinajstić information content (AvgIpc) is 3.19. The molecule has 8 heteroatoms. The molecule has 0 saturated carbocycles. The first-order valence-corrected chi connectivity index (χ1v) is 9.93. The van der Waals surface area contributed by atoms with E-state index in [2.05, 4.69) is 33.7 Å². The SMILES string of the molecule is CCN(CCO)c1ccc(/C=N\NC(=S)NCc2ccc3c(c2)OCO3)c(C)c1. The van der Waals surface area contributed by atoms with E-state index in [1.165, 1.54) is 0 Å².